The fourth-order valence-electron chi connectivity index (χ4n) is 2.76. The Kier molecular flexibility index (Phi) is 6.68. The molecule has 4 nitrogen and oxygen atoms in total. The van der Waals surface area contributed by atoms with Crippen molar-refractivity contribution in [2.45, 2.75) is 6.42 Å². The zero-order valence-corrected chi connectivity index (χ0v) is 19.1. The largest absolute Gasteiger partial charge is 0.495 e. The molecule has 7 heteroatoms. The molecule has 138 valence electrons. The van der Waals surface area contributed by atoms with Gasteiger partial charge in [0.15, 0.2) is 0 Å². The highest BCUT2D eigenvalue weighted by molar-refractivity contribution is 9.11. The summed E-state index contributed by atoms with van der Waals surface area (Å²) in [6, 6.07) is 15.6. The lowest BCUT2D eigenvalue weighted by Crippen LogP contribution is -2.20. The number of halogens is 3. The average molecular weight is 555 g/mol. The molecule has 0 aromatic heterocycles. The number of amides is 1. The number of hydrogen-bond donors (Lipinski definition) is 1. The van der Waals surface area contributed by atoms with Crippen LogP contribution in [0.3, 0.4) is 0 Å². The fourth-order valence-corrected chi connectivity index (χ4v) is 4.65. The van der Waals surface area contributed by atoms with Crippen LogP contribution >= 0.6 is 47.8 Å². The minimum absolute atomic E-state index is 0.188. The highest BCUT2D eigenvalue weighted by Crippen LogP contribution is 2.31. The molecule has 0 atom stereocenters. The standard InChI is InChI=1S/C20H15Br3N2O2/c1-27-20-13(8-14(21)10-18(20)23)11-24-25-19(26)9-12-6-7-17(22)16-5-3-2-4-15(12)16/h2-8,10-11H,9H2,1H3,(H,25,26)/b24-11+. The molecule has 1 amide bonds. The number of carbonyl (C=O) groups excluding carboxylic acids is 1. The quantitative estimate of drug-likeness (QED) is 0.319. The first-order valence-corrected chi connectivity index (χ1v) is 10.4. The number of nitrogens with one attached hydrogen (secondary N) is 1. The van der Waals surface area contributed by atoms with Gasteiger partial charge in [0.1, 0.15) is 5.75 Å². The molecule has 3 aromatic rings. The summed E-state index contributed by atoms with van der Waals surface area (Å²) < 4.78 is 8.05. The van der Waals surface area contributed by atoms with Crippen LogP contribution in [0.1, 0.15) is 11.1 Å². The number of hydrazone groups is 1. The van der Waals surface area contributed by atoms with Crippen LogP contribution in [0.5, 0.6) is 5.75 Å². The molecule has 0 aliphatic rings. The molecule has 0 radical (unpaired) electrons. The Morgan fingerprint density at radius 2 is 1.81 bits per heavy atom. The number of hydrogen-bond acceptors (Lipinski definition) is 3. The Morgan fingerprint density at radius 1 is 1.07 bits per heavy atom. The molecular formula is C20H15Br3N2O2. The van der Waals surface area contributed by atoms with Crippen LogP contribution in [0.4, 0.5) is 0 Å². The van der Waals surface area contributed by atoms with Gasteiger partial charge in [-0.2, -0.15) is 5.10 Å². The fraction of sp³-hybridized carbons (Fsp3) is 0.100. The lowest BCUT2D eigenvalue weighted by Gasteiger charge is -2.08. The average Bonchev–Trinajstić information content (AvgIpc) is 2.64. The van der Waals surface area contributed by atoms with Crippen molar-refractivity contribution in [1.82, 2.24) is 5.43 Å². The second-order valence-corrected chi connectivity index (χ2v) is 8.36. The molecular weight excluding hydrogens is 540 g/mol. The second kappa shape index (κ2) is 8.99. The van der Waals surface area contributed by atoms with E-state index in [1.807, 2.05) is 48.5 Å². The summed E-state index contributed by atoms with van der Waals surface area (Å²) in [6.45, 7) is 0. The first kappa shape index (κ1) is 20.0. The zero-order chi connectivity index (χ0) is 19.4. The maximum atomic E-state index is 12.3. The first-order valence-electron chi connectivity index (χ1n) is 8.00. The molecule has 0 bridgehead atoms. The van der Waals surface area contributed by atoms with Crippen LogP contribution in [-0.4, -0.2) is 19.2 Å². The van der Waals surface area contributed by atoms with Crippen molar-refractivity contribution < 1.29 is 9.53 Å². The number of methoxy groups -OCH3 is 1. The summed E-state index contributed by atoms with van der Waals surface area (Å²) in [4.78, 5) is 12.3. The molecule has 0 heterocycles. The van der Waals surface area contributed by atoms with Crippen LogP contribution < -0.4 is 10.2 Å². The van der Waals surface area contributed by atoms with Gasteiger partial charge >= 0.3 is 0 Å². The summed E-state index contributed by atoms with van der Waals surface area (Å²) in [5, 5.41) is 6.19. The third-order valence-electron chi connectivity index (χ3n) is 3.95. The highest BCUT2D eigenvalue weighted by Gasteiger charge is 2.10. The molecule has 0 spiro atoms. The minimum Gasteiger partial charge on any atom is -0.495 e. The molecule has 3 rings (SSSR count). The van der Waals surface area contributed by atoms with E-state index in [9.17, 15) is 4.79 Å². The Bertz CT molecular complexity index is 1040. The molecule has 0 fully saturated rings. The maximum absolute atomic E-state index is 12.3. The summed E-state index contributed by atoms with van der Waals surface area (Å²) in [5.74, 6) is 0.460. The van der Waals surface area contributed by atoms with E-state index >= 15 is 0 Å². The molecule has 0 aliphatic carbocycles. The van der Waals surface area contributed by atoms with E-state index in [2.05, 4.69) is 58.3 Å². The normalized spacial score (nSPS) is 11.1. The van der Waals surface area contributed by atoms with Crippen molar-refractivity contribution in [3.63, 3.8) is 0 Å². The third-order valence-corrected chi connectivity index (χ3v) is 5.68. The van der Waals surface area contributed by atoms with Gasteiger partial charge < -0.3 is 4.74 Å². The molecule has 1 N–H and O–H groups in total. The van der Waals surface area contributed by atoms with Crippen molar-refractivity contribution in [1.29, 1.82) is 0 Å². The number of benzene rings is 3. The van der Waals surface area contributed by atoms with Gasteiger partial charge in [0.05, 0.1) is 24.2 Å². The topological polar surface area (TPSA) is 50.7 Å². The van der Waals surface area contributed by atoms with Crippen LogP contribution in [0.25, 0.3) is 10.8 Å². The van der Waals surface area contributed by atoms with E-state index in [0.29, 0.717) is 5.75 Å². The maximum Gasteiger partial charge on any atom is 0.244 e. The molecule has 0 unspecified atom stereocenters. The van der Waals surface area contributed by atoms with Gasteiger partial charge in [0, 0.05) is 14.5 Å². The van der Waals surface area contributed by atoms with Gasteiger partial charge in [-0.1, -0.05) is 62.2 Å². The number of carbonyl (C=O) groups is 1. The van der Waals surface area contributed by atoms with Crippen LogP contribution in [-0.2, 0) is 11.2 Å². The van der Waals surface area contributed by atoms with Gasteiger partial charge in [0.25, 0.3) is 0 Å². The summed E-state index contributed by atoms with van der Waals surface area (Å²) in [6.07, 6.45) is 1.80. The number of fused-ring (bicyclic) bond motifs is 1. The van der Waals surface area contributed by atoms with Crippen molar-refractivity contribution in [2.75, 3.05) is 7.11 Å². The number of ether oxygens (including phenoxy) is 1. The SMILES string of the molecule is COc1c(Br)cc(Br)cc1/C=N/NC(=O)Cc1ccc(Br)c2ccccc12. The van der Waals surface area contributed by atoms with Gasteiger partial charge in [-0.15, -0.1) is 0 Å². The van der Waals surface area contributed by atoms with Crippen LogP contribution in [0.2, 0.25) is 0 Å². The van der Waals surface area contributed by atoms with Gasteiger partial charge in [-0.25, -0.2) is 5.43 Å². The zero-order valence-electron chi connectivity index (χ0n) is 14.3. The van der Waals surface area contributed by atoms with Gasteiger partial charge in [-0.05, 0) is 50.5 Å². The lowest BCUT2D eigenvalue weighted by atomic mass is 10.0. The predicted octanol–water partition coefficient (Wildman–Crippen LogP) is 5.83. The molecule has 0 saturated carbocycles. The van der Waals surface area contributed by atoms with E-state index in [1.165, 1.54) is 0 Å². The van der Waals surface area contributed by atoms with E-state index < -0.39 is 0 Å². The molecule has 3 aromatic carbocycles. The monoisotopic (exact) mass is 552 g/mol. The van der Waals surface area contributed by atoms with Gasteiger partial charge in [0.2, 0.25) is 5.91 Å². The van der Waals surface area contributed by atoms with Crippen molar-refractivity contribution in [2.24, 2.45) is 5.10 Å². The Labute approximate surface area is 182 Å². The number of rotatable bonds is 5. The summed E-state index contributed by atoms with van der Waals surface area (Å²) in [5.41, 5.74) is 4.27. The van der Waals surface area contributed by atoms with Gasteiger partial charge in [-0.3, -0.25) is 4.79 Å². The van der Waals surface area contributed by atoms with E-state index in [0.717, 1.165) is 35.3 Å². The van der Waals surface area contributed by atoms with E-state index in [1.54, 1.807) is 13.3 Å². The molecule has 27 heavy (non-hydrogen) atoms. The number of nitrogens with zero attached hydrogens (tertiary/aromatic N) is 1. The Hall–Kier alpha value is -1.70. The van der Waals surface area contributed by atoms with Crippen LogP contribution in [0, 0.1) is 0 Å². The lowest BCUT2D eigenvalue weighted by molar-refractivity contribution is -0.120. The summed E-state index contributed by atoms with van der Waals surface area (Å²) >= 11 is 10.4. The first-order chi connectivity index (χ1) is 13.0. The van der Waals surface area contributed by atoms with Crippen molar-refractivity contribution in [3.8, 4) is 5.75 Å². The predicted molar refractivity (Wildman–Crippen MR) is 119 cm³/mol. The minimum atomic E-state index is -0.188. The molecule has 0 aliphatic heterocycles. The highest BCUT2D eigenvalue weighted by atomic mass is 79.9. The summed E-state index contributed by atoms with van der Waals surface area (Å²) in [7, 11) is 1.59. The second-order valence-electron chi connectivity index (χ2n) is 5.73. The van der Waals surface area contributed by atoms with Crippen LogP contribution in [0.15, 0.2) is 67.1 Å². The van der Waals surface area contributed by atoms with E-state index in [-0.39, 0.29) is 12.3 Å². The third kappa shape index (κ3) is 4.78. The smallest absolute Gasteiger partial charge is 0.244 e. The van der Waals surface area contributed by atoms with E-state index in [4.69, 9.17) is 4.74 Å². The van der Waals surface area contributed by atoms with Crippen molar-refractivity contribution >= 4 is 70.7 Å². The van der Waals surface area contributed by atoms with Crippen molar-refractivity contribution in [3.05, 3.63) is 73.1 Å². The molecule has 0 saturated heterocycles. The Morgan fingerprint density at radius 3 is 2.56 bits per heavy atom. The Balaban J connectivity index is 1.75.